The lowest BCUT2D eigenvalue weighted by atomic mass is 9.62. The fourth-order valence-electron chi connectivity index (χ4n) is 5.91. The standard InChI is InChI=1S/C29H28ClFN4O4/c1-28(2,3)14-20-29(18-7-5-13-32-24(18)35-27(29)39)21(17-6-4-8-19(30)22(17)31)23(34-20)25(36)33-16-11-9-15(10-12-16)26(37)38/h4-13,20-21,23,34H,14H2,1-3H3,(H,33,36)(H,37,38)(H,32,35,39)/t20-,21-,23+,29+/m0/s1. The molecule has 3 heterocycles. The van der Waals surface area contributed by atoms with Gasteiger partial charge in [0.15, 0.2) is 0 Å². The maximum Gasteiger partial charge on any atom is 0.335 e. The number of nitrogens with one attached hydrogen (secondary N) is 3. The van der Waals surface area contributed by atoms with E-state index in [4.69, 9.17) is 11.6 Å². The first-order valence-electron chi connectivity index (χ1n) is 12.5. The molecule has 2 amide bonds. The molecule has 2 aromatic carbocycles. The summed E-state index contributed by atoms with van der Waals surface area (Å²) in [7, 11) is 0. The van der Waals surface area contributed by atoms with Crippen molar-refractivity contribution in [1.29, 1.82) is 0 Å². The van der Waals surface area contributed by atoms with E-state index >= 15 is 4.39 Å². The van der Waals surface area contributed by atoms with Crippen molar-refractivity contribution >= 4 is 40.9 Å². The highest BCUT2D eigenvalue weighted by Gasteiger charge is 2.66. The normalized spacial score (nSPS) is 23.9. The summed E-state index contributed by atoms with van der Waals surface area (Å²) in [6, 6.07) is 12.2. The van der Waals surface area contributed by atoms with Crippen LogP contribution in [-0.4, -0.2) is 40.0 Å². The molecular formula is C29H28ClFN4O4. The lowest BCUT2D eigenvalue weighted by Gasteiger charge is -2.37. The van der Waals surface area contributed by atoms with Gasteiger partial charge in [-0.3, -0.25) is 9.59 Å². The third-order valence-corrected chi connectivity index (χ3v) is 7.72. The molecule has 4 N–H and O–H groups in total. The Morgan fingerprint density at radius 2 is 1.85 bits per heavy atom. The highest BCUT2D eigenvalue weighted by molar-refractivity contribution is 6.30. The van der Waals surface area contributed by atoms with Crippen molar-refractivity contribution in [3.8, 4) is 0 Å². The number of hydrogen-bond donors (Lipinski definition) is 4. The quantitative estimate of drug-likeness (QED) is 0.356. The van der Waals surface area contributed by atoms with E-state index in [1.165, 1.54) is 30.3 Å². The summed E-state index contributed by atoms with van der Waals surface area (Å²) in [5.74, 6) is -3.26. The number of carboxylic acid groups (broad SMARTS) is 1. The predicted octanol–water partition coefficient (Wildman–Crippen LogP) is 4.96. The number of hydrogen-bond acceptors (Lipinski definition) is 5. The number of carbonyl (C=O) groups excluding carboxylic acids is 2. The second kappa shape index (κ2) is 9.73. The summed E-state index contributed by atoms with van der Waals surface area (Å²) in [4.78, 5) is 43.5. The summed E-state index contributed by atoms with van der Waals surface area (Å²) in [6.07, 6.45) is 2.06. The van der Waals surface area contributed by atoms with E-state index in [0.717, 1.165) is 0 Å². The van der Waals surface area contributed by atoms with Gasteiger partial charge >= 0.3 is 5.97 Å². The number of halogens is 2. The first-order valence-corrected chi connectivity index (χ1v) is 12.9. The molecule has 202 valence electrons. The minimum Gasteiger partial charge on any atom is -0.478 e. The van der Waals surface area contributed by atoms with Crippen molar-refractivity contribution in [2.24, 2.45) is 5.41 Å². The Labute approximate surface area is 230 Å². The highest BCUT2D eigenvalue weighted by atomic mass is 35.5. The van der Waals surface area contributed by atoms with Gasteiger partial charge < -0.3 is 21.1 Å². The molecule has 10 heteroatoms. The Morgan fingerprint density at radius 1 is 1.13 bits per heavy atom. The highest BCUT2D eigenvalue weighted by Crippen LogP contribution is 2.56. The van der Waals surface area contributed by atoms with Crippen LogP contribution in [0.3, 0.4) is 0 Å². The molecule has 8 nitrogen and oxygen atoms in total. The van der Waals surface area contributed by atoms with Crippen LogP contribution in [0.1, 0.15) is 54.6 Å². The van der Waals surface area contributed by atoms with Gasteiger partial charge in [0.1, 0.15) is 17.1 Å². The molecule has 39 heavy (non-hydrogen) atoms. The number of benzene rings is 2. The van der Waals surface area contributed by atoms with E-state index in [0.29, 0.717) is 23.5 Å². The van der Waals surface area contributed by atoms with Crippen molar-refractivity contribution in [3.63, 3.8) is 0 Å². The maximum atomic E-state index is 15.7. The zero-order chi connectivity index (χ0) is 28.1. The number of pyridine rings is 1. The Bertz CT molecular complexity index is 1470. The molecule has 1 fully saturated rings. The van der Waals surface area contributed by atoms with Gasteiger partial charge in [-0.15, -0.1) is 0 Å². The molecular weight excluding hydrogens is 523 g/mol. The summed E-state index contributed by atoms with van der Waals surface area (Å²) < 4.78 is 15.7. The topological polar surface area (TPSA) is 120 Å². The van der Waals surface area contributed by atoms with Crippen LogP contribution in [0.5, 0.6) is 0 Å². The molecule has 5 rings (SSSR count). The predicted molar refractivity (Wildman–Crippen MR) is 146 cm³/mol. The SMILES string of the molecule is CC(C)(C)C[C@@H]1N[C@@H](C(=O)Nc2ccc(C(=O)O)cc2)[C@H](c2cccc(Cl)c2F)[C@]12C(=O)Nc1ncccc12. The van der Waals surface area contributed by atoms with Crippen LogP contribution in [0.25, 0.3) is 0 Å². The molecule has 0 saturated carbocycles. The fourth-order valence-corrected chi connectivity index (χ4v) is 6.09. The van der Waals surface area contributed by atoms with Crippen LogP contribution in [0.2, 0.25) is 5.02 Å². The van der Waals surface area contributed by atoms with E-state index in [2.05, 4.69) is 20.9 Å². The van der Waals surface area contributed by atoms with Crippen molar-refractivity contribution in [3.05, 3.63) is 88.3 Å². The number of anilines is 2. The lowest BCUT2D eigenvalue weighted by molar-refractivity contribution is -0.122. The minimum absolute atomic E-state index is 0.0711. The number of rotatable bonds is 5. The summed E-state index contributed by atoms with van der Waals surface area (Å²) in [5, 5.41) is 18.2. The van der Waals surface area contributed by atoms with Crippen LogP contribution in [0, 0.1) is 11.2 Å². The maximum absolute atomic E-state index is 15.7. The van der Waals surface area contributed by atoms with E-state index in [1.807, 2.05) is 20.8 Å². The van der Waals surface area contributed by atoms with Crippen LogP contribution in [0.4, 0.5) is 15.9 Å². The van der Waals surface area contributed by atoms with Crippen LogP contribution < -0.4 is 16.0 Å². The molecule has 3 aromatic rings. The smallest absolute Gasteiger partial charge is 0.335 e. The molecule has 0 aliphatic carbocycles. The van der Waals surface area contributed by atoms with Gasteiger partial charge in [0.25, 0.3) is 0 Å². The van der Waals surface area contributed by atoms with E-state index < -0.39 is 41.1 Å². The van der Waals surface area contributed by atoms with Gasteiger partial charge in [-0.25, -0.2) is 14.2 Å². The minimum atomic E-state index is -1.36. The van der Waals surface area contributed by atoms with Crippen LogP contribution >= 0.6 is 11.6 Å². The molecule has 0 radical (unpaired) electrons. The number of aromatic carboxylic acids is 1. The van der Waals surface area contributed by atoms with E-state index in [9.17, 15) is 19.5 Å². The van der Waals surface area contributed by atoms with Crippen molar-refractivity contribution < 1.29 is 23.9 Å². The Balaban J connectivity index is 1.67. The third kappa shape index (κ3) is 4.55. The van der Waals surface area contributed by atoms with Gasteiger partial charge in [-0.2, -0.15) is 0 Å². The zero-order valence-electron chi connectivity index (χ0n) is 21.6. The molecule has 0 unspecified atom stereocenters. The summed E-state index contributed by atoms with van der Waals surface area (Å²) >= 11 is 6.21. The number of aromatic nitrogens is 1. The largest absolute Gasteiger partial charge is 0.478 e. The van der Waals surface area contributed by atoms with Crippen molar-refractivity contribution in [2.45, 2.75) is 50.6 Å². The first kappa shape index (κ1) is 26.8. The monoisotopic (exact) mass is 550 g/mol. The average molecular weight is 551 g/mol. The van der Waals surface area contributed by atoms with Crippen molar-refractivity contribution in [2.75, 3.05) is 10.6 Å². The van der Waals surface area contributed by atoms with Gasteiger partial charge in [0, 0.05) is 29.4 Å². The Kier molecular flexibility index (Phi) is 6.68. The Hall–Kier alpha value is -3.82. The number of carbonyl (C=O) groups is 3. The van der Waals surface area contributed by atoms with Gasteiger partial charge in [0.2, 0.25) is 11.8 Å². The molecule has 2 aliphatic heterocycles. The number of nitrogens with zero attached hydrogens (tertiary/aromatic N) is 1. The number of carboxylic acids is 1. The second-order valence-corrected chi connectivity index (χ2v) is 11.6. The molecule has 1 saturated heterocycles. The molecule has 1 spiro atoms. The van der Waals surface area contributed by atoms with E-state index in [-0.39, 0.29) is 27.5 Å². The Morgan fingerprint density at radius 3 is 2.51 bits per heavy atom. The van der Waals surface area contributed by atoms with Crippen molar-refractivity contribution in [1.82, 2.24) is 10.3 Å². The second-order valence-electron chi connectivity index (χ2n) is 11.2. The number of fused-ring (bicyclic) bond motifs is 2. The summed E-state index contributed by atoms with van der Waals surface area (Å²) in [5.41, 5.74) is -0.463. The van der Waals surface area contributed by atoms with E-state index in [1.54, 1.807) is 30.5 Å². The molecule has 2 aliphatic rings. The fraction of sp³-hybridized carbons (Fsp3) is 0.310. The number of amides is 2. The first-order chi connectivity index (χ1) is 18.4. The van der Waals surface area contributed by atoms with Gasteiger partial charge in [0.05, 0.1) is 16.6 Å². The summed E-state index contributed by atoms with van der Waals surface area (Å²) in [6.45, 7) is 6.10. The molecule has 0 bridgehead atoms. The lowest BCUT2D eigenvalue weighted by Crippen LogP contribution is -2.49. The molecule has 4 atom stereocenters. The molecule has 1 aromatic heterocycles. The van der Waals surface area contributed by atoms with Gasteiger partial charge in [-0.1, -0.05) is 50.6 Å². The third-order valence-electron chi connectivity index (χ3n) is 7.43. The zero-order valence-corrected chi connectivity index (χ0v) is 22.3. The van der Waals surface area contributed by atoms with Crippen LogP contribution in [0.15, 0.2) is 60.8 Å². The average Bonchev–Trinajstić information content (AvgIpc) is 3.35. The van der Waals surface area contributed by atoms with Crippen LogP contribution in [-0.2, 0) is 15.0 Å². The van der Waals surface area contributed by atoms with Gasteiger partial charge in [-0.05, 0) is 53.8 Å².